The van der Waals surface area contributed by atoms with Crippen LogP contribution >= 0.6 is 0 Å². The zero-order chi connectivity index (χ0) is 31.5. The van der Waals surface area contributed by atoms with Crippen LogP contribution in [0.5, 0.6) is 0 Å². The van der Waals surface area contributed by atoms with E-state index in [9.17, 15) is 0 Å². The van der Waals surface area contributed by atoms with Gasteiger partial charge in [-0.2, -0.15) is 0 Å². The molecule has 0 saturated heterocycles. The van der Waals surface area contributed by atoms with Gasteiger partial charge in [-0.1, -0.05) is 103 Å². The molecule has 0 aliphatic heterocycles. The van der Waals surface area contributed by atoms with Crippen molar-refractivity contribution in [2.24, 2.45) is 0 Å². The Balaban J connectivity index is 1.33. The number of hydrogen-bond acceptors (Lipinski definition) is 0. The van der Waals surface area contributed by atoms with Gasteiger partial charge >= 0.3 is 0 Å². The summed E-state index contributed by atoms with van der Waals surface area (Å²) in [6.45, 7) is 0. The highest BCUT2D eigenvalue weighted by molar-refractivity contribution is 6.37. The van der Waals surface area contributed by atoms with E-state index in [0.717, 1.165) is 0 Å². The first kappa shape index (κ1) is 24.6. The van der Waals surface area contributed by atoms with E-state index in [-0.39, 0.29) is 0 Å². The lowest BCUT2D eigenvalue weighted by molar-refractivity contribution is 1.19. The van der Waals surface area contributed by atoms with Crippen molar-refractivity contribution in [1.82, 2.24) is 13.4 Å². The molecule has 0 spiro atoms. The lowest BCUT2D eigenvalue weighted by atomic mass is 9.98. The summed E-state index contributed by atoms with van der Waals surface area (Å²) in [5.41, 5.74) is 11.3. The maximum atomic E-state index is 2.57. The Kier molecular flexibility index (Phi) is 4.15. The summed E-state index contributed by atoms with van der Waals surface area (Å²) in [5.74, 6) is 0. The molecular weight excluding hydrogens is 595 g/mol. The third-order valence-electron chi connectivity index (χ3n) is 11.4. The molecule has 0 saturated carbocycles. The summed E-state index contributed by atoms with van der Waals surface area (Å²) in [6, 6.07) is 56.4. The Labute approximate surface area is 278 Å². The number of nitrogens with zero attached hydrogens (tertiary/aromatic N) is 3. The number of para-hydroxylation sites is 4. The average Bonchev–Trinajstić information content (AvgIpc) is 3.94. The molecule has 49 heavy (non-hydrogen) atoms. The SMILES string of the molecule is c1ccc(-n2c3ccccc3c3ccc4c(c5cc6ccccc6c6c7cc8c9cccc%10c%11ccccc%11n(c8cc7n4c56)c%109)c32)cc1. The van der Waals surface area contributed by atoms with Gasteiger partial charge in [0.25, 0.3) is 0 Å². The molecule has 8 aromatic carbocycles. The minimum absolute atomic E-state index is 1.18. The standard InChI is InChI=1S/C46H25N3/c1-2-12-27(13-3-1)47-37-19-8-6-16-30(37)33-21-22-39-43(45(33)47)36-23-26-11-4-5-14-28(26)42-35-24-34-32-18-10-17-31-29-15-7-9-20-38(29)48(44(31)32)40(34)25-41(35)49(39)46(36)42/h1-25H. The van der Waals surface area contributed by atoms with Crippen LogP contribution in [0.25, 0.3) is 114 Å². The molecule has 5 aromatic heterocycles. The van der Waals surface area contributed by atoms with Gasteiger partial charge in [0.2, 0.25) is 0 Å². The summed E-state index contributed by atoms with van der Waals surface area (Å²) < 4.78 is 7.56. The molecule has 0 bridgehead atoms. The van der Waals surface area contributed by atoms with Crippen LogP contribution in [0.3, 0.4) is 0 Å². The summed E-state index contributed by atoms with van der Waals surface area (Å²) in [7, 11) is 0. The fraction of sp³-hybridized carbons (Fsp3) is 0. The monoisotopic (exact) mass is 619 g/mol. The van der Waals surface area contributed by atoms with Gasteiger partial charge in [0.1, 0.15) is 0 Å². The van der Waals surface area contributed by atoms with Crippen LogP contribution < -0.4 is 0 Å². The number of fused-ring (bicyclic) bond motifs is 18. The van der Waals surface area contributed by atoms with Crippen molar-refractivity contribution < 1.29 is 0 Å². The van der Waals surface area contributed by atoms with E-state index in [0.29, 0.717) is 0 Å². The lowest BCUT2D eigenvalue weighted by Gasteiger charge is -2.09. The number of hydrogen-bond donors (Lipinski definition) is 0. The van der Waals surface area contributed by atoms with Gasteiger partial charge in [0.15, 0.2) is 0 Å². The van der Waals surface area contributed by atoms with Crippen LogP contribution in [0.15, 0.2) is 152 Å². The van der Waals surface area contributed by atoms with Crippen LogP contribution in [0.4, 0.5) is 0 Å². The molecule has 13 rings (SSSR count). The van der Waals surface area contributed by atoms with Gasteiger partial charge in [0, 0.05) is 59.5 Å². The second-order valence-electron chi connectivity index (χ2n) is 13.7. The van der Waals surface area contributed by atoms with E-state index in [1.54, 1.807) is 0 Å². The van der Waals surface area contributed by atoms with Crippen molar-refractivity contribution in [1.29, 1.82) is 0 Å². The van der Waals surface area contributed by atoms with E-state index < -0.39 is 0 Å². The quantitative estimate of drug-likeness (QED) is 0.174. The highest BCUT2D eigenvalue weighted by Crippen LogP contribution is 2.49. The third kappa shape index (κ3) is 2.73. The highest BCUT2D eigenvalue weighted by atomic mass is 15.0. The summed E-state index contributed by atoms with van der Waals surface area (Å²) in [5, 5.41) is 15.7. The van der Waals surface area contributed by atoms with Gasteiger partial charge < -0.3 is 13.4 Å². The number of benzene rings is 8. The number of rotatable bonds is 1. The van der Waals surface area contributed by atoms with Crippen LogP contribution in [0.2, 0.25) is 0 Å². The Morgan fingerprint density at radius 2 is 0.918 bits per heavy atom. The fourth-order valence-electron chi connectivity index (χ4n) is 9.60. The zero-order valence-corrected chi connectivity index (χ0v) is 26.3. The van der Waals surface area contributed by atoms with Crippen LogP contribution in [-0.2, 0) is 0 Å². The smallest absolute Gasteiger partial charge is 0.0641 e. The van der Waals surface area contributed by atoms with Crippen molar-refractivity contribution in [3.63, 3.8) is 0 Å². The molecule has 13 aromatic rings. The minimum Gasteiger partial charge on any atom is -0.309 e. The molecule has 0 aliphatic carbocycles. The predicted molar refractivity (Wildman–Crippen MR) is 208 cm³/mol. The fourth-order valence-corrected chi connectivity index (χ4v) is 9.60. The van der Waals surface area contributed by atoms with Crippen molar-refractivity contribution in [3.05, 3.63) is 152 Å². The molecule has 224 valence electrons. The van der Waals surface area contributed by atoms with Crippen LogP contribution in [0, 0.1) is 0 Å². The van der Waals surface area contributed by atoms with Crippen molar-refractivity contribution >= 4 is 109 Å². The van der Waals surface area contributed by atoms with Crippen molar-refractivity contribution in [3.8, 4) is 5.69 Å². The zero-order valence-electron chi connectivity index (χ0n) is 26.3. The van der Waals surface area contributed by atoms with E-state index in [4.69, 9.17) is 0 Å². The van der Waals surface area contributed by atoms with Crippen molar-refractivity contribution in [2.45, 2.75) is 0 Å². The Morgan fingerprint density at radius 1 is 0.286 bits per heavy atom. The van der Waals surface area contributed by atoms with E-state index >= 15 is 0 Å². The van der Waals surface area contributed by atoms with E-state index in [1.165, 1.54) is 114 Å². The molecule has 0 N–H and O–H groups in total. The summed E-state index contributed by atoms with van der Waals surface area (Å²) in [4.78, 5) is 0. The Hall–Kier alpha value is -6.58. The second kappa shape index (κ2) is 8.28. The first-order valence-corrected chi connectivity index (χ1v) is 17.0. The van der Waals surface area contributed by atoms with Crippen LogP contribution in [-0.4, -0.2) is 13.4 Å². The van der Waals surface area contributed by atoms with Gasteiger partial charge in [-0.25, -0.2) is 0 Å². The maximum absolute atomic E-state index is 2.57. The molecule has 0 unspecified atom stereocenters. The van der Waals surface area contributed by atoms with Crippen LogP contribution in [0.1, 0.15) is 0 Å². The number of aromatic nitrogens is 3. The second-order valence-corrected chi connectivity index (χ2v) is 13.7. The highest BCUT2D eigenvalue weighted by Gasteiger charge is 2.26. The lowest BCUT2D eigenvalue weighted by Crippen LogP contribution is -1.93. The first-order chi connectivity index (χ1) is 24.3. The Morgan fingerprint density at radius 3 is 1.78 bits per heavy atom. The van der Waals surface area contributed by atoms with Gasteiger partial charge in [-0.15, -0.1) is 0 Å². The van der Waals surface area contributed by atoms with E-state index in [2.05, 4.69) is 165 Å². The Bertz CT molecular complexity index is 3540. The molecule has 5 heterocycles. The van der Waals surface area contributed by atoms with E-state index in [1.807, 2.05) is 0 Å². The molecule has 0 amide bonds. The molecule has 3 heteroatoms. The molecule has 0 aliphatic rings. The van der Waals surface area contributed by atoms with Gasteiger partial charge in [-0.05, 0) is 59.3 Å². The normalized spacial score (nSPS) is 12.9. The predicted octanol–water partition coefficient (Wildman–Crippen LogP) is 12.2. The molecule has 0 radical (unpaired) electrons. The first-order valence-electron chi connectivity index (χ1n) is 17.0. The molecule has 3 nitrogen and oxygen atoms in total. The molecule has 0 atom stereocenters. The molecule has 0 fully saturated rings. The van der Waals surface area contributed by atoms with Gasteiger partial charge in [-0.3, -0.25) is 0 Å². The van der Waals surface area contributed by atoms with Gasteiger partial charge in [0.05, 0.1) is 44.1 Å². The summed E-state index contributed by atoms with van der Waals surface area (Å²) in [6.07, 6.45) is 0. The minimum atomic E-state index is 1.18. The third-order valence-corrected chi connectivity index (χ3v) is 11.4. The molecular formula is C46H25N3. The average molecular weight is 620 g/mol. The van der Waals surface area contributed by atoms with Crippen molar-refractivity contribution in [2.75, 3.05) is 0 Å². The topological polar surface area (TPSA) is 13.8 Å². The summed E-state index contributed by atoms with van der Waals surface area (Å²) >= 11 is 0. The largest absolute Gasteiger partial charge is 0.309 e. The maximum Gasteiger partial charge on any atom is 0.0641 e.